The van der Waals surface area contributed by atoms with Crippen LogP contribution in [0, 0.1) is 5.92 Å². The first-order valence-electron chi connectivity index (χ1n) is 8.91. The van der Waals surface area contributed by atoms with Gasteiger partial charge in [0.2, 0.25) is 0 Å². The Bertz CT molecular complexity index is 840. The van der Waals surface area contributed by atoms with Crippen molar-refractivity contribution in [2.24, 2.45) is 5.92 Å². The van der Waals surface area contributed by atoms with E-state index in [1.165, 1.54) is 0 Å². The average molecular weight is 369 g/mol. The van der Waals surface area contributed by atoms with Crippen molar-refractivity contribution < 1.29 is 19.0 Å². The van der Waals surface area contributed by atoms with Crippen molar-refractivity contribution in [2.75, 3.05) is 26.6 Å². The van der Waals surface area contributed by atoms with Gasteiger partial charge in [0.15, 0.2) is 5.78 Å². The maximum Gasteiger partial charge on any atom is 0.193 e. The largest absolute Gasteiger partial charge is 0.497 e. The molecule has 0 aromatic heterocycles. The molecule has 0 aliphatic heterocycles. The van der Waals surface area contributed by atoms with Gasteiger partial charge < -0.3 is 19.9 Å². The standard InChI is InChI=1S/C22H27NO4/c1-6-27-21-12-15(7-9-19(21)23)11-17(14(2)3)22(24)18-13-16(25-4)8-10-20(18)26-5/h7-14H,6,23H2,1-5H3. The molecule has 0 atom stereocenters. The van der Waals surface area contributed by atoms with Gasteiger partial charge in [-0.1, -0.05) is 19.9 Å². The number of carbonyl (C=O) groups is 1. The quantitative estimate of drug-likeness (QED) is 0.418. The Morgan fingerprint density at radius 3 is 2.41 bits per heavy atom. The van der Waals surface area contributed by atoms with Crippen molar-refractivity contribution in [3.8, 4) is 17.2 Å². The number of hydrogen-bond acceptors (Lipinski definition) is 5. The fraction of sp³-hybridized carbons (Fsp3) is 0.318. The van der Waals surface area contributed by atoms with Crippen LogP contribution in [0.2, 0.25) is 0 Å². The van der Waals surface area contributed by atoms with Crippen LogP contribution in [0.4, 0.5) is 5.69 Å². The number of ether oxygens (including phenoxy) is 3. The number of anilines is 1. The third kappa shape index (κ3) is 4.82. The average Bonchev–Trinajstić information content (AvgIpc) is 2.67. The zero-order chi connectivity index (χ0) is 20.0. The molecule has 0 spiro atoms. The van der Waals surface area contributed by atoms with E-state index in [0.29, 0.717) is 40.7 Å². The summed E-state index contributed by atoms with van der Waals surface area (Å²) >= 11 is 0. The Balaban J connectivity index is 2.50. The number of nitrogen functional groups attached to an aromatic ring is 1. The molecule has 2 rings (SSSR count). The Labute approximate surface area is 160 Å². The topological polar surface area (TPSA) is 70.8 Å². The van der Waals surface area contributed by atoms with Crippen molar-refractivity contribution in [3.05, 3.63) is 53.1 Å². The SMILES string of the molecule is CCOc1cc(C=C(C(=O)c2cc(OC)ccc2OC)C(C)C)ccc1N. The van der Waals surface area contributed by atoms with E-state index in [2.05, 4.69) is 0 Å². The fourth-order valence-electron chi connectivity index (χ4n) is 2.74. The number of nitrogens with two attached hydrogens (primary N) is 1. The predicted molar refractivity (Wildman–Crippen MR) is 109 cm³/mol. The van der Waals surface area contributed by atoms with Crippen LogP contribution in [-0.4, -0.2) is 26.6 Å². The maximum atomic E-state index is 13.3. The van der Waals surface area contributed by atoms with E-state index in [9.17, 15) is 4.79 Å². The molecule has 0 radical (unpaired) electrons. The number of rotatable bonds is 8. The minimum absolute atomic E-state index is 0.0153. The monoisotopic (exact) mass is 369 g/mol. The van der Waals surface area contributed by atoms with Crippen molar-refractivity contribution >= 4 is 17.5 Å². The van der Waals surface area contributed by atoms with Crippen LogP contribution in [0.3, 0.4) is 0 Å². The molecule has 27 heavy (non-hydrogen) atoms. The van der Waals surface area contributed by atoms with Gasteiger partial charge in [-0.15, -0.1) is 0 Å². The molecule has 5 heteroatoms. The third-order valence-corrected chi connectivity index (χ3v) is 4.20. The molecular weight excluding hydrogens is 342 g/mol. The molecule has 0 saturated heterocycles. The van der Waals surface area contributed by atoms with Crippen molar-refractivity contribution in [3.63, 3.8) is 0 Å². The highest BCUT2D eigenvalue weighted by molar-refractivity contribution is 6.13. The maximum absolute atomic E-state index is 13.3. The highest BCUT2D eigenvalue weighted by Gasteiger charge is 2.20. The third-order valence-electron chi connectivity index (χ3n) is 4.20. The van der Waals surface area contributed by atoms with Gasteiger partial charge in [0.1, 0.15) is 17.2 Å². The highest BCUT2D eigenvalue weighted by atomic mass is 16.5. The van der Waals surface area contributed by atoms with E-state index >= 15 is 0 Å². The number of carbonyl (C=O) groups excluding carboxylic acids is 1. The molecule has 5 nitrogen and oxygen atoms in total. The van der Waals surface area contributed by atoms with E-state index in [1.807, 2.05) is 39.0 Å². The first kappa shape index (κ1) is 20.4. The molecule has 2 aromatic carbocycles. The van der Waals surface area contributed by atoms with E-state index in [-0.39, 0.29) is 11.7 Å². The zero-order valence-corrected chi connectivity index (χ0v) is 16.5. The number of methoxy groups -OCH3 is 2. The molecule has 0 aliphatic carbocycles. The second-order valence-electron chi connectivity index (χ2n) is 6.38. The lowest BCUT2D eigenvalue weighted by atomic mass is 9.92. The van der Waals surface area contributed by atoms with Crippen LogP contribution in [0.15, 0.2) is 42.0 Å². The molecule has 0 saturated carbocycles. The summed E-state index contributed by atoms with van der Waals surface area (Å²) in [5, 5.41) is 0. The molecular formula is C22H27NO4. The van der Waals surface area contributed by atoms with Crippen LogP contribution >= 0.6 is 0 Å². The Kier molecular flexibility index (Phi) is 6.88. The van der Waals surface area contributed by atoms with Gasteiger partial charge in [0.05, 0.1) is 32.1 Å². The van der Waals surface area contributed by atoms with Crippen LogP contribution < -0.4 is 19.9 Å². The smallest absolute Gasteiger partial charge is 0.193 e. The van der Waals surface area contributed by atoms with E-state index in [0.717, 1.165) is 5.56 Å². The highest BCUT2D eigenvalue weighted by Crippen LogP contribution is 2.30. The van der Waals surface area contributed by atoms with Crippen LogP contribution in [-0.2, 0) is 0 Å². The first-order valence-corrected chi connectivity index (χ1v) is 8.91. The predicted octanol–water partition coefficient (Wildman–Crippen LogP) is 4.61. The first-order chi connectivity index (χ1) is 12.9. The summed E-state index contributed by atoms with van der Waals surface area (Å²) in [6.45, 7) is 6.39. The Morgan fingerprint density at radius 2 is 1.81 bits per heavy atom. The summed E-state index contributed by atoms with van der Waals surface area (Å²) in [5.41, 5.74) is 8.50. The summed E-state index contributed by atoms with van der Waals surface area (Å²) in [7, 11) is 3.12. The number of hydrogen-bond donors (Lipinski definition) is 1. The molecule has 2 aromatic rings. The Morgan fingerprint density at radius 1 is 1.07 bits per heavy atom. The van der Waals surface area contributed by atoms with Crippen molar-refractivity contribution in [1.82, 2.24) is 0 Å². The second-order valence-corrected chi connectivity index (χ2v) is 6.38. The molecule has 0 amide bonds. The van der Waals surface area contributed by atoms with E-state index in [4.69, 9.17) is 19.9 Å². The normalized spacial score (nSPS) is 11.4. The summed E-state index contributed by atoms with van der Waals surface area (Å²) in [5.74, 6) is 1.64. The van der Waals surface area contributed by atoms with Gasteiger partial charge in [-0.3, -0.25) is 4.79 Å². The molecule has 0 bridgehead atoms. The van der Waals surface area contributed by atoms with Gasteiger partial charge in [-0.2, -0.15) is 0 Å². The lowest BCUT2D eigenvalue weighted by Crippen LogP contribution is -2.11. The number of Topliss-reactive ketones (excluding diaryl/α,β-unsaturated/α-hetero) is 1. The Hall–Kier alpha value is -2.95. The lowest BCUT2D eigenvalue weighted by Gasteiger charge is -2.15. The van der Waals surface area contributed by atoms with Gasteiger partial charge in [-0.25, -0.2) is 0 Å². The van der Waals surface area contributed by atoms with Crippen LogP contribution in [0.5, 0.6) is 17.2 Å². The minimum atomic E-state index is -0.101. The number of allylic oxidation sites excluding steroid dienone is 1. The summed E-state index contributed by atoms with van der Waals surface area (Å²) in [6.07, 6.45) is 1.87. The molecule has 0 unspecified atom stereocenters. The molecule has 0 aliphatic rings. The molecule has 0 heterocycles. The van der Waals surface area contributed by atoms with Crippen LogP contribution in [0.25, 0.3) is 6.08 Å². The molecule has 0 fully saturated rings. The van der Waals surface area contributed by atoms with Gasteiger partial charge in [-0.05, 0) is 54.8 Å². The van der Waals surface area contributed by atoms with Gasteiger partial charge in [0, 0.05) is 5.57 Å². The van der Waals surface area contributed by atoms with E-state index < -0.39 is 0 Å². The van der Waals surface area contributed by atoms with Gasteiger partial charge >= 0.3 is 0 Å². The molecule has 144 valence electrons. The van der Waals surface area contributed by atoms with Crippen molar-refractivity contribution in [1.29, 1.82) is 0 Å². The molecule has 2 N–H and O–H groups in total. The minimum Gasteiger partial charge on any atom is -0.497 e. The number of benzene rings is 2. The van der Waals surface area contributed by atoms with E-state index in [1.54, 1.807) is 38.5 Å². The summed E-state index contributed by atoms with van der Waals surface area (Å²) in [4.78, 5) is 13.3. The zero-order valence-electron chi connectivity index (χ0n) is 16.5. The van der Waals surface area contributed by atoms with Crippen molar-refractivity contribution in [2.45, 2.75) is 20.8 Å². The fourth-order valence-corrected chi connectivity index (χ4v) is 2.74. The summed E-state index contributed by atoms with van der Waals surface area (Å²) in [6, 6.07) is 10.7. The number of ketones is 1. The van der Waals surface area contributed by atoms with Crippen LogP contribution in [0.1, 0.15) is 36.7 Å². The second kappa shape index (κ2) is 9.12. The summed E-state index contributed by atoms with van der Waals surface area (Å²) < 4.78 is 16.2. The lowest BCUT2D eigenvalue weighted by molar-refractivity contribution is 0.102. The van der Waals surface area contributed by atoms with Gasteiger partial charge in [0.25, 0.3) is 0 Å².